The van der Waals surface area contributed by atoms with Crippen LogP contribution in [0.15, 0.2) is 30.5 Å². The lowest BCUT2D eigenvalue weighted by atomic mass is 9.79. The molecule has 1 unspecified atom stereocenters. The molecule has 2 aliphatic rings. The molecule has 33 heavy (non-hydrogen) atoms. The molecular weight excluding hydrogens is 422 g/mol. The first kappa shape index (κ1) is 22.6. The summed E-state index contributed by atoms with van der Waals surface area (Å²) in [4.78, 5) is 45.9. The smallest absolute Gasteiger partial charge is 0.322 e. The second-order valence-corrected chi connectivity index (χ2v) is 9.04. The Labute approximate surface area is 192 Å². The van der Waals surface area contributed by atoms with Crippen LogP contribution in [-0.2, 0) is 10.3 Å². The maximum atomic E-state index is 13.1. The SMILES string of the molecule is Cc1cnc(N2CCN(C(=O)c3ccc(C4(C(C)C)NC(=O)NC4=O)c(O)c3)CC2)c(C)c1. The van der Waals surface area contributed by atoms with Gasteiger partial charge in [0.25, 0.3) is 11.8 Å². The largest absolute Gasteiger partial charge is 0.508 e. The highest BCUT2D eigenvalue weighted by molar-refractivity contribution is 6.08. The van der Waals surface area contributed by atoms with E-state index in [0.717, 1.165) is 16.9 Å². The number of hydrogen-bond acceptors (Lipinski definition) is 6. The molecule has 4 rings (SSSR count). The molecule has 1 aromatic carbocycles. The van der Waals surface area contributed by atoms with Crippen LogP contribution in [0.25, 0.3) is 0 Å². The first-order valence-electron chi connectivity index (χ1n) is 11.1. The van der Waals surface area contributed by atoms with Crippen LogP contribution in [0.5, 0.6) is 5.75 Å². The van der Waals surface area contributed by atoms with E-state index >= 15 is 0 Å². The minimum Gasteiger partial charge on any atom is -0.508 e. The van der Waals surface area contributed by atoms with Gasteiger partial charge in [0.05, 0.1) is 0 Å². The van der Waals surface area contributed by atoms with E-state index in [1.54, 1.807) is 30.9 Å². The number of amides is 4. The number of phenols is 1. The summed E-state index contributed by atoms with van der Waals surface area (Å²) < 4.78 is 0. The number of aromatic nitrogens is 1. The molecule has 2 aromatic rings. The van der Waals surface area contributed by atoms with Gasteiger partial charge in [-0.15, -0.1) is 0 Å². The Morgan fingerprint density at radius 2 is 1.82 bits per heavy atom. The van der Waals surface area contributed by atoms with Gasteiger partial charge in [0.15, 0.2) is 5.54 Å². The molecule has 1 atom stereocenters. The summed E-state index contributed by atoms with van der Waals surface area (Å²) in [6.07, 6.45) is 1.85. The fraction of sp³-hybridized carbons (Fsp3) is 0.417. The van der Waals surface area contributed by atoms with E-state index < -0.39 is 17.5 Å². The number of aryl methyl sites for hydroxylation is 2. The van der Waals surface area contributed by atoms with Crippen molar-refractivity contribution in [1.82, 2.24) is 20.5 Å². The Kier molecular flexibility index (Phi) is 5.73. The maximum absolute atomic E-state index is 13.1. The zero-order chi connectivity index (χ0) is 23.9. The van der Waals surface area contributed by atoms with E-state index in [9.17, 15) is 19.5 Å². The minimum absolute atomic E-state index is 0.191. The lowest BCUT2D eigenvalue weighted by Gasteiger charge is -2.36. The fourth-order valence-electron chi connectivity index (χ4n) is 4.72. The number of carbonyl (C=O) groups is 3. The van der Waals surface area contributed by atoms with Crippen LogP contribution in [0.3, 0.4) is 0 Å². The average Bonchev–Trinajstić information content (AvgIpc) is 3.08. The van der Waals surface area contributed by atoms with Crippen molar-refractivity contribution < 1.29 is 19.5 Å². The molecule has 1 aromatic heterocycles. The zero-order valence-corrected chi connectivity index (χ0v) is 19.3. The topological polar surface area (TPSA) is 115 Å². The molecule has 0 radical (unpaired) electrons. The van der Waals surface area contributed by atoms with Gasteiger partial charge in [-0.05, 0) is 43.0 Å². The summed E-state index contributed by atoms with van der Waals surface area (Å²) in [5, 5.41) is 15.6. The fourth-order valence-corrected chi connectivity index (χ4v) is 4.72. The van der Waals surface area contributed by atoms with Crippen molar-refractivity contribution in [3.05, 3.63) is 52.7 Å². The van der Waals surface area contributed by atoms with Crippen molar-refractivity contribution in [2.45, 2.75) is 33.2 Å². The van der Waals surface area contributed by atoms with Crippen LogP contribution in [0, 0.1) is 19.8 Å². The second-order valence-electron chi connectivity index (χ2n) is 9.04. The van der Waals surface area contributed by atoms with Gasteiger partial charge in [0.1, 0.15) is 11.6 Å². The first-order chi connectivity index (χ1) is 15.6. The number of urea groups is 1. The molecular formula is C24H29N5O4. The molecule has 0 bridgehead atoms. The van der Waals surface area contributed by atoms with Gasteiger partial charge in [-0.2, -0.15) is 0 Å². The van der Waals surface area contributed by atoms with Crippen LogP contribution < -0.4 is 15.5 Å². The third-order valence-corrected chi connectivity index (χ3v) is 6.49. The molecule has 9 nitrogen and oxygen atoms in total. The quantitative estimate of drug-likeness (QED) is 0.613. The Hall–Kier alpha value is -3.62. The Morgan fingerprint density at radius 3 is 2.36 bits per heavy atom. The van der Waals surface area contributed by atoms with E-state index in [1.807, 2.05) is 20.0 Å². The Morgan fingerprint density at radius 1 is 1.12 bits per heavy atom. The molecule has 4 amide bonds. The number of anilines is 1. The highest BCUT2D eigenvalue weighted by Gasteiger charge is 2.51. The molecule has 3 heterocycles. The van der Waals surface area contributed by atoms with E-state index in [2.05, 4.69) is 26.6 Å². The summed E-state index contributed by atoms with van der Waals surface area (Å²) in [5.74, 6) is -0.296. The maximum Gasteiger partial charge on any atom is 0.322 e. The van der Waals surface area contributed by atoms with E-state index in [0.29, 0.717) is 31.7 Å². The monoisotopic (exact) mass is 451 g/mol. The second kappa shape index (κ2) is 8.38. The van der Waals surface area contributed by atoms with Gasteiger partial charge in [0.2, 0.25) is 0 Å². The third-order valence-electron chi connectivity index (χ3n) is 6.49. The van der Waals surface area contributed by atoms with Gasteiger partial charge in [-0.3, -0.25) is 14.9 Å². The molecule has 9 heteroatoms. The summed E-state index contributed by atoms with van der Waals surface area (Å²) >= 11 is 0. The normalized spacial score (nSPS) is 20.8. The van der Waals surface area contributed by atoms with Crippen molar-refractivity contribution in [2.75, 3.05) is 31.1 Å². The number of aromatic hydroxyl groups is 1. The summed E-state index contributed by atoms with van der Waals surface area (Å²) in [6.45, 7) is 10.0. The van der Waals surface area contributed by atoms with Crippen molar-refractivity contribution >= 4 is 23.7 Å². The van der Waals surface area contributed by atoms with E-state index in [-0.39, 0.29) is 23.1 Å². The van der Waals surface area contributed by atoms with Gasteiger partial charge in [-0.1, -0.05) is 26.0 Å². The van der Waals surface area contributed by atoms with Crippen LogP contribution in [0.2, 0.25) is 0 Å². The van der Waals surface area contributed by atoms with Crippen molar-refractivity contribution in [2.24, 2.45) is 5.92 Å². The summed E-state index contributed by atoms with van der Waals surface area (Å²) in [6, 6.07) is 6.00. The molecule has 0 spiro atoms. The number of carbonyl (C=O) groups excluding carboxylic acids is 3. The molecule has 2 saturated heterocycles. The van der Waals surface area contributed by atoms with Crippen LogP contribution in [0.4, 0.5) is 10.6 Å². The van der Waals surface area contributed by atoms with Gasteiger partial charge < -0.3 is 20.2 Å². The number of hydrogen-bond donors (Lipinski definition) is 3. The van der Waals surface area contributed by atoms with Crippen molar-refractivity contribution in [3.63, 3.8) is 0 Å². The highest BCUT2D eigenvalue weighted by atomic mass is 16.3. The number of nitrogens with one attached hydrogen (secondary N) is 2. The molecule has 0 saturated carbocycles. The molecule has 0 aliphatic carbocycles. The lowest BCUT2D eigenvalue weighted by molar-refractivity contribution is -0.125. The van der Waals surface area contributed by atoms with E-state index in [4.69, 9.17) is 0 Å². The predicted octanol–water partition coefficient (Wildman–Crippen LogP) is 2.06. The number of pyridine rings is 1. The number of benzene rings is 1. The zero-order valence-electron chi connectivity index (χ0n) is 19.3. The average molecular weight is 452 g/mol. The lowest BCUT2D eigenvalue weighted by Crippen LogP contribution is -2.49. The van der Waals surface area contributed by atoms with Gasteiger partial charge in [-0.25, -0.2) is 9.78 Å². The molecule has 3 N–H and O–H groups in total. The third kappa shape index (κ3) is 3.88. The standard InChI is InChI=1S/C24H29N5O4/c1-14(2)24(22(32)26-23(33)27-24)18-6-5-17(12-19(18)30)21(31)29-9-7-28(8-10-29)20-16(4)11-15(3)13-25-20/h5-6,11-14,30H,7-10H2,1-4H3,(H2,26,27,32,33). The van der Waals surface area contributed by atoms with Crippen LogP contribution >= 0.6 is 0 Å². The van der Waals surface area contributed by atoms with E-state index in [1.165, 1.54) is 6.07 Å². The predicted molar refractivity (Wildman–Crippen MR) is 123 cm³/mol. The molecule has 174 valence electrons. The molecule has 2 aliphatic heterocycles. The Balaban J connectivity index is 1.50. The highest BCUT2D eigenvalue weighted by Crippen LogP contribution is 2.38. The Bertz CT molecular complexity index is 1120. The molecule has 2 fully saturated rings. The van der Waals surface area contributed by atoms with Crippen molar-refractivity contribution in [1.29, 1.82) is 0 Å². The minimum atomic E-state index is -1.38. The number of piperazine rings is 1. The first-order valence-corrected chi connectivity index (χ1v) is 11.1. The number of phenolic OH excluding ortho intramolecular Hbond substituents is 1. The van der Waals surface area contributed by atoms with Crippen LogP contribution in [-0.4, -0.2) is 59.0 Å². The number of rotatable bonds is 4. The summed E-state index contributed by atoms with van der Waals surface area (Å²) in [5.41, 5.74) is 1.44. The van der Waals surface area contributed by atoms with Crippen LogP contribution in [0.1, 0.15) is 40.9 Å². The number of imide groups is 1. The van der Waals surface area contributed by atoms with Gasteiger partial charge >= 0.3 is 6.03 Å². The van der Waals surface area contributed by atoms with Gasteiger partial charge in [0, 0.05) is 43.5 Å². The van der Waals surface area contributed by atoms with Crippen molar-refractivity contribution in [3.8, 4) is 5.75 Å². The summed E-state index contributed by atoms with van der Waals surface area (Å²) in [7, 11) is 0. The number of nitrogens with zero attached hydrogens (tertiary/aromatic N) is 3.